The molecular weight excluding hydrogens is 281 g/mol. The zero-order chi connectivity index (χ0) is 15.4. The van der Waals surface area contributed by atoms with Gasteiger partial charge in [0.1, 0.15) is 17.5 Å². The summed E-state index contributed by atoms with van der Waals surface area (Å²) in [6.45, 7) is 0. The Labute approximate surface area is 119 Å². The summed E-state index contributed by atoms with van der Waals surface area (Å²) >= 11 is 0. The molecule has 21 heavy (non-hydrogen) atoms. The van der Waals surface area contributed by atoms with E-state index in [1.54, 1.807) is 30.3 Å². The Balaban J connectivity index is 2.67. The first kappa shape index (κ1) is 14.8. The number of carbonyl (C=O) groups is 1. The third-order valence-corrected chi connectivity index (χ3v) is 2.82. The van der Waals surface area contributed by atoms with Crippen LogP contribution in [0.1, 0.15) is 11.1 Å². The van der Waals surface area contributed by atoms with Gasteiger partial charge in [0.05, 0.1) is 12.7 Å². The third-order valence-electron chi connectivity index (χ3n) is 2.82. The van der Waals surface area contributed by atoms with Gasteiger partial charge in [0.25, 0.3) is 0 Å². The molecule has 0 radical (unpaired) electrons. The normalized spacial score (nSPS) is 11.3. The molecule has 0 spiro atoms. The summed E-state index contributed by atoms with van der Waals surface area (Å²) in [5, 5.41) is 0. The highest BCUT2D eigenvalue weighted by atomic mass is 19.1. The lowest BCUT2D eigenvalue weighted by Crippen LogP contribution is -2.03. The number of ether oxygens (including phenoxy) is 1. The van der Waals surface area contributed by atoms with E-state index in [1.807, 2.05) is 0 Å². The van der Waals surface area contributed by atoms with Gasteiger partial charge in [0.2, 0.25) is 0 Å². The van der Waals surface area contributed by atoms with Gasteiger partial charge in [-0.2, -0.15) is 0 Å². The lowest BCUT2D eigenvalue weighted by Gasteiger charge is -2.10. The van der Waals surface area contributed by atoms with Crippen molar-refractivity contribution in [3.8, 4) is 0 Å². The van der Waals surface area contributed by atoms with Crippen molar-refractivity contribution in [2.75, 3.05) is 7.11 Å². The second kappa shape index (κ2) is 6.26. The Bertz CT molecular complexity index is 671. The number of carbonyl (C=O) groups excluding carboxylic acids is 1. The minimum Gasteiger partial charge on any atom is -0.466 e. The number of esters is 1. The van der Waals surface area contributed by atoms with E-state index >= 15 is 0 Å². The van der Waals surface area contributed by atoms with Crippen molar-refractivity contribution in [2.24, 2.45) is 0 Å². The molecule has 108 valence electrons. The Morgan fingerprint density at radius 1 is 1.05 bits per heavy atom. The van der Waals surface area contributed by atoms with E-state index in [2.05, 4.69) is 4.74 Å². The first-order chi connectivity index (χ1) is 10.0. The fourth-order valence-electron chi connectivity index (χ4n) is 1.89. The summed E-state index contributed by atoms with van der Waals surface area (Å²) in [7, 11) is 1.15. The van der Waals surface area contributed by atoms with Crippen LogP contribution in [0.15, 0.2) is 48.5 Å². The molecular formula is C16H11F3O2. The van der Waals surface area contributed by atoms with E-state index in [9.17, 15) is 18.0 Å². The van der Waals surface area contributed by atoms with E-state index in [0.717, 1.165) is 13.2 Å². The average Bonchev–Trinajstić information content (AvgIpc) is 2.46. The van der Waals surface area contributed by atoms with E-state index in [1.165, 1.54) is 0 Å². The standard InChI is InChI=1S/C16H11F3O2/c1-21-15(20)9-12(10-5-3-2-4-6-10)16-13(18)7-11(17)8-14(16)19/h2-9H,1H3/b12-9-. The van der Waals surface area contributed by atoms with Crippen LogP contribution in [0.3, 0.4) is 0 Å². The molecule has 0 aliphatic heterocycles. The molecule has 0 bridgehead atoms. The highest BCUT2D eigenvalue weighted by Crippen LogP contribution is 2.28. The van der Waals surface area contributed by atoms with Gasteiger partial charge in [0, 0.05) is 23.8 Å². The Morgan fingerprint density at radius 3 is 2.14 bits per heavy atom. The summed E-state index contributed by atoms with van der Waals surface area (Å²) in [5.41, 5.74) is -0.0854. The molecule has 0 N–H and O–H groups in total. The lowest BCUT2D eigenvalue weighted by molar-refractivity contribution is -0.134. The smallest absolute Gasteiger partial charge is 0.331 e. The summed E-state index contributed by atoms with van der Waals surface area (Å²) in [6, 6.07) is 9.31. The van der Waals surface area contributed by atoms with E-state index in [-0.39, 0.29) is 5.57 Å². The van der Waals surface area contributed by atoms with Crippen molar-refractivity contribution in [3.63, 3.8) is 0 Å². The number of hydrogen-bond acceptors (Lipinski definition) is 2. The van der Waals surface area contributed by atoms with Crippen molar-refractivity contribution in [2.45, 2.75) is 0 Å². The van der Waals surface area contributed by atoms with Gasteiger partial charge in [-0.25, -0.2) is 18.0 Å². The topological polar surface area (TPSA) is 26.3 Å². The fraction of sp³-hybridized carbons (Fsp3) is 0.0625. The van der Waals surface area contributed by atoms with Crippen LogP contribution >= 0.6 is 0 Å². The highest BCUT2D eigenvalue weighted by Gasteiger charge is 2.18. The zero-order valence-electron chi connectivity index (χ0n) is 11.1. The number of benzene rings is 2. The molecule has 5 heteroatoms. The largest absolute Gasteiger partial charge is 0.466 e. The van der Waals surface area contributed by atoms with E-state index in [0.29, 0.717) is 17.7 Å². The highest BCUT2D eigenvalue weighted by molar-refractivity contribution is 5.96. The van der Waals surface area contributed by atoms with Gasteiger partial charge in [-0.15, -0.1) is 0 Å². The number of hydrogen-bond donors (Lipinski definition) is 0. The average molecular weight is 292 g/mol. The van der Waals surface area contributed by atoms with Crippen LogP contribution in [0.5, 0.6) is 0 Å². The fourth-order valence-corrected chi connectivity index (χ4v) is 1.89. The molecule has 2 nitrogen and oxygen atoms in total. The molecule has 0 aliphatic rings. The maximum Gasteiger partial charge on any atom is 0.331 e. The van der Waals surface area contributed by atoms with Crippen LogP contribution in [-0.2, 0) is 9.53 Å². The minimum absolute atomic E-state index is 0.0162. The number of methoxy groups -OCH3 is 1. The van der Waals surface area contributed by atoms with Gasteiger partial charge >= 0.3 is 5.97 Å². The maximum absolute atomic E-state index is 13.9. The summed E-state index contributed by atoms with van der Waals surface area (Å²) < 4.78 is 45.4. The lowest BCUT2D eigenvalue weighted by atomic mass is 9.96. The van der Waals surface area contributed by atoms with Gasteiger partial charge < -0.3 is 4.74 Å². The number of halogens is 3. The van der Waals surface area contributed by atoms with Crippen molar-refractivity contribution in [3.05, 3.63) is 77.1 Å². The molecule has 0 amide bonds. The molecule has 0 unspecified atom stereocenters. The Hall–Kier alpha value is -2.56. The second-order valence-corrected chi connectivity index (χ2v) is 4.19. The molecule has 2 rings (SSSR count). The van der Waals surface area contributed by atoms with Crippen molar-refractivity contribution in [1.82, 2.24) is 0 Å². The van der Waals surface area contributed by atoms with Crippen LogP contribution in [0.2, 0.25) is 0 Å². The first-order valence-corrected chi connectivity index (χ1v) is 6.03. The second-order valence-electron chi connectivity index (χ2n) is 4.19. The third kappa shape index (κ3) is 3.31. The van der Waals surface area contributed by atoms with Gasteiger partial charge in [0.15, 0.2) is 0 Å². The van der Waals surface area contributed by atoms with Crippen LogP contribution in [0.25, 0.3) is 5.57 Å². The monoisotopic (exact) mass is 292 g/mol. The molecule has 0 saturated heterocycles. The van der Waals surface area contributed by atoms with E-state index < -0.39 is 29.0 Å². The summed E-state index contributed by atoms with van der Waals surface area (Å²) in [4.78, 5) is 11.4. The van der Waals surface area contributed by atoms with Gasteiger partial charge in [-0.05, 0) is 5.56 Å². The van der Waals surface area contributed by atoms with Crippen LogP contribution in [0, 0.1) is 17.5 Å². The van der Waals surface area contributed by atoms with Gasteiger partial charge in [-0.3, -0.25) is 0 Å². The molecule has 2 aromatic carbocycles. The predicted molar refractivity (Wildman–Crippen MR) is 71.9 cm³/mol. The minimum atomic E-state index is -1.09. The molecule has 0 heterocycles. The molecule has 2 aromatic rings. The van der Waals surface area contributed by atoms with Crippen molar-refractivity contribution in [1.29, 1.82) is 0 Å². The zero-order valence-corrected chi connectivity index (χ0v) is 11.1. The Morgan fingerprint density at radius 2 is 1.62 bits per heavy atom. The maximum atomic E-state index is 13.9. The van der Waals surface area contributed by atoms with Crippen LogP contribution in [0.4, 0.5) is 13.2 Å². The van der Waals surface area contributed by atoms with Crippen molar-refractivity contribution < 1.29 is 22.7 Å². The number of rotatable bonds is 3. The molecule has 0 fully saturated rings. The SMILES string of the molecule is COC(=O)/C=C(/c1ccccc1)c1c(F)cc(F)cc1F. The van der Waals surface area contributed by atoms with Crippen molar-refractivity contribution >= 4 is 11.5 Å². The van der Waals surface area contributed by atoms with E-state index in [4.69, 9.17) is 0 Å². The Kier molecular flexibility index (Phi) is 4.42. The van der Waals surface area contributed by atoms with Gasteiger partial charge in [-0.1, -0.05) is 30.3 Å². The summed E-state index contributed by atoms with van der Waals surface area (Å²) in [5.74, 6) is -3.98. The molecule has 0 aliphatic carbocycles. The molecule has 0 saturated carbocycles. The van der Waals surface area contributed by atoms with Crippen LogP contribution < -0.4 is 0 Å². The quantitative estimate of drug-likeness (QED) is 0.637. The van der Waals surface area contributed by atoms with Crippen LogP contribution in [-0.4, -0.2) is 13.1 Å². The summed E-state index contributed by atoms with van der Waals surface area (Å²) in [6.07, 6.45) is 0.967. The molecule has 0 atom stereocenters. The predicted octanol–water partition coefficient (Wildman–Crippen LogP) is 3.71. The first-order valence-electron chi connectivity index (χ1n) is 6.03. The molecule has 0 aromatic heterocycles.